The summed E-state index contributed by atoms with van der Waals surface area (Å²) in [6, 6.07) is 13.5. The van der Waals surface area contributed by atoms with E-state index >= 15 is 0 Å². The minimum Gasteiger partial charge on any atom is -0.489 e. The third-order valence-electron chi connectivity index (χ3n) is 3.32. The van der Waals surface area contributed by atoms with Gasteiger partial charge in [0.05, 0.1) is 5.52 Å². The Hall–Kier alpha value is -1.97. The van der Waals surface area contributed by atoms with Crippen molar-refractivity contribution in [2.45, 2.75) is 13.2 Å². The van der Waals surface area contributed by atoms with Crippen molar-refractivity contribution >= 4 is 22.5 Å². The van der Waals surface area contributed by atoms with Crippen LogP contribution in [0.2, 0.25) is 5.02 Å². The average molecular weight is 287 g/mol. The number of halogens is 1. The Labute approximate surface area is 122 Å². The summed E-state index contributed by atoms with van der Waals surface area (Å²) >= 11 is 5.85. The number of aromatic nitrogens is 1. The summed E-state index contributed by atoms with van der Waals surface area (Å²) in [7, 11) is 0. The first-order valence-electron chi connectivity index (χ1n) is 6.44. The molecule has 3 aromatic rings. The highest BCUT2D eigenvalue weighted by Crippen LogP contribution is 2.23. The molecule has 3 N–H and O–H groups in total. The number of H-pyrrole nitrogens is 1. The minimum absolute atomic E-state index is 0.510. The summed E-state index contributed by atoms with van der Waals surface area (Å²) in [5.74, 6) is 0.804. The first kappa shape index (κ1) is 13.0. The van der Waals surface area contributed by atoms with Crippen molar-refractivity contribution in [3.8, 4) is 5.75 Å². The van der Waals surface area contributed by atoms with Crippen molar-refractivity contribution in [3.63, 3.8) is 0 Å². The number of nitrogens with one attached hydrogen (secondary N) is 1. The van der Waals surface area contributed by atoms with Gasteiger partial charge in [-0.1, -0.05) is 29.8 Å². The summed E-state index contributed by atoms with van der Waals surface area (Å²) < 4.78 is 5.78. The Morgan fingerprint density at radius 3 is 2.60 bits per heavy atom. The third-order valence-corrected chi connectivity index (χ3v) is 3.57. The van der Waals surface area contributed by atoms with Crippen LogP contribution in [0.5, 0.6) is 5.75 Å². The van der Waals surface area contributed by atoms with Crippen LogP contribution in [0.1, 0.15) is 11.1 Å². The fraction of sp³-hybridized carbons (Fsp3) is 0.125. The van der Waals surface area contributed by atoms with E-state index in [2.05, 4.69) is 11.1 Å². The molecule has 0 aliphatic carbocycles. The van der Waals surface area contributed by atoms with Crippen molar-refractivity contribution in [1.29, 1.82) is 0 Å². The predicted octanol–water partition coefficient (Wildman–Crippen LogP) is 3.86. The summed E-state index contributed by atoms with van der Waals surface area (Å²) in [6.45, 7) is 1.03. The lowest BCUT2D eigenvalue weighted by molar-refractivity contribution is 0.307. The number of aromatic amines is 1. The zero-order valence-electron chi connectivity index (χ0n) is 10.9. The van der Waals surface area contributed by atoms with Crippen LogP contribution in [0.15, 0.2) is 48.7 Å². The second-order valence-electron chi connectivity index (χ2n) is 4.60. The molecule has 0 spiro atoms. The molecule has 1 aromatic heterocycles. The van der Waals surface area contributed by atoms with Crippen LogP contribution in [-0.4, -0.2) is 4.98 Å². The summed E-state index contributed by atoms with van der Waals surface area (Å²) in [4.78, 5) is 3.27. The largest absolute Gasteiger partial charge is 0.489 e. The predicted molar refractivity (Wildman–Crippen MR) is 82.0 cm³/mol. The van der Waals surface area contributed by atoms with Gasteiger partial charge < -0.3 is 15.5 Å². The van der Waals surface area contributed by atoms with Gasteiger partial charge in [-0.05, 0) is 29.8 Å². The number of para-hydroxylation sites is 1. The van der Waals surface area contributed by atoms with E-state index in [0.29, 0.717) is 18.2 Å². The fourth-order valence-electron chi connectivity index (χ4n) is 2.26. The standard InChI is InChI=1S/C16H15ClN2O/c17-13-4-6-14(7-5-13)20-10-12-9-19-16-11(8-18)2-1-3-15(12)16/h1-7,9,19H,8,10,18H2. The van der Waals surface area contributed by atoms with Gasteiger partial charge in [0.2, 0.25) is 0 Å². The first-order valence-corrected chi connectivity index (χ1v) is 6.82. The highest BCUT2D eigenvalue weighted by atomic mass is 35.5. The van der Waals surface area contributed by atoms with Crippen LogP contribution >= 0.6 is 11.6 Å². The maximum Gasteiger partial charge on any atom is 0.119 e. The first-order chi connectivity index (χ1) is 9.78. The summed E-state index contributed by atoms with van der Waals surface area (Å²) in [6.07, 6.45) is 1.97. The Morgan fingerprint density at radius 1 is 1.05 bits per heavy atom. The van der Waals surface area contributed by atoms with Crippen LogP contribution in [0.25, 0.3) is 10.9 Å². The smallest absolute Gasteiger partial charge is 0.119 e. The Balaban J connectivity index is 1.83. The SMILES string of the molecule is NCc1cccc2c(COc3ccc(Cl)cc3)c[nH]c12. The van der Waals surface area contributed by atoms with Gasteiger partial charge in [-0.25, -0.2) is 0 Å². The maximum atomic E-state index is 5.85. The zero-order chi connectivity index (χ0) is 13.9. The minimum atomic E-state index is 0.510. The molecule has 0 aliphatic heterocycles. The molecular formula is C16H15ClN2O. The Morgan fingerprint density at radius 2 is 1.85 bits per heavy atom. The monoisotopic (exact) mass is 286 g/mol. The molecule has 0 saturated heterocycles. The van der Waals surface area contributed by atoms with Crippen molar-refractivity contribution < 1.29 is 4.74 Å². The fourth-order valence-corrected chi connectivity index (χ4v) is 2.38. The van der Waals surface area contributed by atoms with Crippen LogP contribution < -0.4 is 10.5 Å². The zero-order valence-corrected chi connectivity index (χ0v) is 11.7. The number of hydrogen-bond acceptors (Lipinski definition) is 2. The molecule has 0 saturated carbocycles. The number of hydrogen-bond donors (Lipinski definition) is 2. The van der Waals surface area contributed by atoms with Crippen molar-refractivity contribution in [2.75, 3.05) is 0 Å². The van der Waals surface area contributed by atoms with Gasteiger partial charge in [0.25, 0.3) is 0 Å². The van der Waals surface area contributed by atoms with Gasteiger partial charge in [-0.2, -0.15) is 0 Å². The average Bonchev–Trinajstić information content (AvgIpc) is 2.90. The van der Waals surface area contributed by atoms with Crippen LogP contribution in [0.3, 0.4) is 0 Å². The molecule has 20 heavy (non-hydrogen) atoms. The van der Waals surface area contributed by atoms with Gasteiger partial charge in [0.1, 0.15) is 12.4 Å². The van der Waals surface area contributed by atoms with Gasteiger partial charge in [-0.3, -0.25) is 0 Å². The molecular weight excluding hydrogens is 272 g/mol. The van der Waals surface area contributed by atoms with Crippen LogP contribution in [-0.2, 0) is 13.2 Å². The van der Waals surface area contributed by atoms with Crippen molar-refractivity contribution in [3.05, 3.63) is 64.8 Å². The highest BCUT2D eigenvalue weighted by molar-refractivity contribution is 6.30. The molecule has 102 valence electrons. The topological polar surface area (TPSA) is 51.0 Å². The second kappa shape index (κ2) is 5.57. The number of benzene rings is 2. The van der Waals surface area contributed by atoms with Crippen LogP contribution in [0, 0.1) is 0 Å². The number of rotatable bonds is 4. The summed E-state index contributed by atoms with van der Waals surface area (Å²) in [5, 5.41) is 1.86. The molecule has 0 unspecified atom stereocenters. The quantitative estimate of drug-likeness (QED) is 0.765. The van der Waals surface area contributed by atoms with E-state index < -0.39 is 0 Å². The van der Waals surface area contributed by atoms with E-state index in [4.69, 9.17) is 22.1 Å². The van der Waals surface area contributed by atoms with Crippen molar-refractivity contribution in [1.82, 2.24) is 4.98 Å². The molecule has 3 nitrogen and oxygen atoms in total. The van der Waals surface area contributed by atoms with Gasteiger partial charge >= 0.3 is 0 Å². The molecule has 0 amide bonds. The molecule has 2 aromatic carbocycles. The van der Waals surface area contributed by atoms with E-state index in [1.54, 1.807) is 0 Å². The molecule has 0 radical (unpaired) electrons. The normalized spacial score (nSPS) is 10.9. The summed E-state index contributed by atoms with van der Waals surface area (Å²) in [5.41, 5.74) is 9.06. The lowest BCUT2D eigenvalue weighted by atomic mass is 10.1. The van der Waals surface area contributed by atoms with Gasteiger partial charge in [0, 0.05) is 28.7 Å². The lowest BCUT2D eigenvalue weighted by Crippen LogP contribution is -1.97. The van der Waals surface area contributed by atoms with Gasteiger partial charge in [0.15, 0.2) is 0 Å². The molecule has 0 aliphatic rings. The van der Waals surface area contributed by atoms with E-state index in [-0.39, 0.29) is 0 Å². The molecule has 0 bridgehead atoms. The second-order valence-corrected chi connectivity index (χ2v) is 5.04. The van der Waals surface area contributed by atoms with E-state index in [1.807, 2.05) is 42.6 Å². The number of fused-ring (bicyclic) bond motifs is 1. The Bertz CT molecular complexity index is 719. The maximum absolute atomic E-state index is 5.85. The Kier molecular flexibility index (Phi) is 3.63. The molecule has 4 heteroatoms. The van der Waals surface area contributed by atoms with E-state index in [1.165, 1.54) is 0 Å². The molecule has 3 rings (SSSR count). The molecule has 0 fully saturated rings. The van der Waals surface area contributed by atoms with Gasteiger partial charge in [-0.15, -0.1) is 0 Å². The lowest BCUT2D eigenvalue weighted by Gasteiger charge is -2.05. The molecule has 1 heterocycles. The number of nitrogens with two attached hydrogens (primary N) is 1. The number of ether oxygens (including phenoxy) is 1. The van der Waals surface area contributed by atoms with E-state index in [9.17, 15) is 0 Å². The highest BCUT2D eigenvalue weighted by Gasteiger charge is 2.07. The van der Waals surface area contributed by atoms with Crippen molar-refractivity contribution in [2.24, 2.45) is 5.73 Å². The third kappa shape index (κ3) is 2.50. The van der Waals surface area contributed by atoms with Crippen LogP contribution in [0.4, 0.5) is 0 Å². The van der Waals surface area contributed by atoms with E-state index in [0.717, 1.165) is 27.8 Å². The molecule has 0 atom stereocenters.